The molecule has 0 spiro atoms. The van der Waals surface area contributed by atoms with E-state index in [9.17, 15) is 13.6 Å². The number of amides is 1. The maximum atomic E-state index is 12.0. The van der Waals surface area contributed by atoms with Crippen LogP contribution in [-0.4, -0.2) is 22.3 Å². The Bertz CT molecular complexity index is 583. The van der Waals surface area contributed by atoms with Gasteiger partial charge in [0.2, 0.25) is 5.91 Å². The molecule has 1 aromatic carbocycles. The maximum Gasteiger partial charge on any atom is 0.387 e. The van der Waals surface area contributed by atoms with Crippen LogP contribution in [0.5, 0.6) is 5.75 Å². The molecule has 1 heterocycles. The summed E-state index contributed by atoms with van der Waals surface area (Å²) in [5.41, 5.74) is 5.89. The number of anilines is 2. The first-order valence-electron chi connectivity index (χ1n) is 5.66. The van der Waals surface area contributed by atoms with Gasteiger partial charge in [-0.2, -0.15) is 13.9 Å². The molecule has 0 aliphatic heterocycles. The molecule has 8 heteroatoms. The van der Waals surface area contributed by atoms with E-state index < -0.39 is 6.61 Å². The predicted molar refractivity (Wildman–Crippen MR) is 68.3 cm³/mol. The number of nitrogens with two attached hydrogens (primary N) is 1. The topological polar surface area (TPSA) is 82.2 Å². The van der Waals surface area contributed by atoms with Crippen molar-refractivity contribution in [1.29, 1.82) is 0 Å². The van der Waals surface area contributed by atoms with Gasteiger partial charge in [0.05, 0.1) is 0 Å². The lowest BCUT2D eigenvalue weighted by molar-refractivity contribution is -0.116. The Morgan fingerprint density at radius 3 is 2.60 bits per heavy atom. The summed E-state index contributed by atoms with van der Waals surface area (Å²) in [4.78, 5) is 11.7. The van der Waals surface area contributed by atoms with Gasteiger partial charge in [-0.25, -0.2) is 0 Å². The van der Waals surface area contributed by atoms with Gasteiger partial charge in [0.25, 0.3) is 0 Å². The summed E-state index contributed by atoms with van der Waals surface area (Å²) >= 11 is 0. The van der Waals surface area contributed by atoms with E-state index in [2.05, 4.69) is 15.2 Å². The summed E-state index contributed by atoms with van der Waals surface area (Å²) < 4.78 is 29.5. The molecule has 1 amide bonds. The number of aromatic nitrogens is 2. The molecule has 0 aliphatic carbocycles. The fourth-order valence-corrected chi connectivity index (χ4v) is 1.53. The first-order valence-corrected chi connectivity index (χ1v) is 5.66. The van der Waals surface area contributed by atoms with Crippen molar-refractivity contribution in [2.24, 2.45) is 0 Å². The highest BCUT2D eigenvalue weighted by molar-refractivity contribution is 5.90. The standard InChI is InChI=1S/C12H12F2N4O2/c13-12(14)20-9-3-1-8(2-4-9)16-11(19)7-18-6-5-10(15)17-18/h1-6,12H,7H2,(H2,15,17)(H,16,19). The molecule has 0 saturated heterocycles. The number of hydrogen-bond acceptors (Lipinski definition) is 4. The van der Waals surface area contributed by atoms with Crippen LogP contribution in [0.3, 0.4) is 0 Å². The van der Waals surface area contributed by atoms with Crippen molar-refractivity contribution in [3.63, 3.8) is 0 Å². The minimum Gasteiger partial charge on any atom is -0.435 e. The number of nitrogens with zero attached hydrogens (tertiary/aromatic N) is 2. The summed E-state index contributed by atoms with van der Waals surface area (Å²) in [6.45, 7) is -2.87. The minimum absolute atomic E-state index is 0.00643. The molecule has 0 saturated carbocycles. The first-order chi connectivity index (χ1) is 9.52. The van der Waals surface area contributed by atoms with Gasteiger partial charge in [-0.05, 0) is 30.3 Å². The third-order valence-electron chi connectivity index (χ3n) is 2.33. The lowest BCUT2D eigenvalue weighted by atomic mass is 10.3. The Labute approximate surface area is 113 Å². The number of hydrogen-bond donors (Lipinski definition) is 2. The van der Waals surface area contributed by atoms with Crippen LogP contribution in [0.4, 0.5) is 20.3 Å². The van der Waals surface area contributed by atoms with Gasteiger partial charge in [0.15, 0.2) is 0 Å². The molecule has 0 radical (unpaired) electrons. The summed E-state index contributed by atoms with van der Waals surface area (Å²) in [5, 5.41) is 6.47. The molecule has 0 atom stereocenters. The third kappa shape index (κ3) is 3.94. The molecule has 2 rings (SSSR count). The van der Waals surface area contributed by atoms with E-state index in [-0.39, 0.29) is 18.2 Å². The van der Waals surface area contributed by atoms with Gasteiger partial charge in [-0.3, -0.25) is 9.48 Å². The zero-order valence-corrected chi connectivity index (χ0v) is 10.3. The second-order valence-corrected chi connectivity index (χ2v) is 3.89. The van der Waals surface area contributed by atoms with Crippen molar-refractivity contribution < 1.29 is 18.3 Å². The number of nitrogens with one attached hydrogen (secondary N) is 1. The van der Waals surface area contributed by atoms with Gasteiger partial charge < -0.3 is 15.8 Å². The average Bonchev–Trinajstić information content (AvgIpc) is 2.76. The number of rotatable bonds is 5. The summed E-state index contributed by atoms with van der Waals surface area (Å²) in [5.74, 6) is 0.0415. The van der Waals surface area contributed by atoms with Gasteiger partial charge in [-0.15, -0.1) is 0 Å². The quantitative estimate of drug-likeness (QED) is 0.874. The van der Waals surface area contributed by atoms with Crippen LogP contribution in [0.25, 0.3) is 0 Å². The smallest absolute Gasteiger partial charge is 0.387 e. The second kappa shape index (κ2) is 6.00. The molecule has 0 unspecified atom stereocenters. The van der Waals surface area contributed by atoms with Crippen molar-refractivity contribution in [3.05, 3.63) is 36.5 Å². The zero-order valence-electron chi connectivity index (χ0n) is 10.3. The molecule has 6 nitrogen and oxygen atoms in total. The zero-order chi connectivity index (χ0) is 14.5. The number of benzene rings is 1. The molecular weight excluding hydrogens is 270 g/mol. The Morgan fingerprint density at radius 2 is 2.05 bits per heavy atom. The average molecular weight is 282 g/mol. The van der Waals surface area contributed by atoms with Gasteiger partial charge in [0.1, 0.15) is 18.1 Å². The van der Waals surface area contributed by atoms with Crippen LogP contribution in [0.15, 0.2) is 36.5 Å². The molecule has 20 heavy (non-hydrogen) atoms. The molecule has 0 bridgehead atoms. The number of ether oxygens (including phenoxy) is 1. The lowest BCUT2D eigenvalue weighted by Crippen LogP contribution is -2.19. The van der Waals surface area contributed by atoms with Crippen molar-refractivity contribution >= 4 is 17.4 Å². The van der Waals surface area contributed by atoms with Crippen LogP contribution < -0.4 is 15.8 Å². The molecule has 0 aliphatic rings. The Kier molecular flexibility index (Phi) is 4.14. The van der Waals surface area contributed by atoms with Crippen molar-refractivity contribution in [3.8, 4) is 5.75 Å². The number of carbonyl (C=O) groups excluding carboxylic acids is 1. The van der Waals surface area contributed by atoms with E-state index in [0.29, 0.717) is 11.5 Å². The largest absolute Gasteiger partial charge is 0.435 e. The van der Waals surface area contributed by atoms with E-state index in [4.69, 9.17) is 5.73 Å². The summed E-state index contributed by atoms with van der Waals surface area (Å²) in [6, 6.07) is 7.19. The van der Waals surface area contributed by atoms with E-state index in [1.807, 2.05) is 0 Å². The van der Waals surface area contributed by atoms with E-state index in [0.717, 1.165) is 0 Å². The number of halogens is 2. The van der Waals surface area contributed by atoms with E-state index in [1.165, 1.54) is 28.9 Å². The Balaban J connectivity index is 1.91. The van der Waals surface area contributed by atoms with E-state index >= 15 is 0 Å². The fraction of sp³-hybridized carbons (Fsp3) is 0.167. The minimum atomic E-state index is -2.87. The maximum absolute atomic E-state index is 12.0. The van der Waals surface area contributed by atoms with E-state index in [1.54, 1.807) is 12.3 Å². The number of alkyl halides is 2. The van der Waals surface area contributed by atoms with Crippen LogP contribution >= 0.6 is 0 Å². The normalized spacial score (nSPS) is 10.6. The van der Waals surface area contributed by atoms with Crippen LogP contribution in [0.2, 0.25) is 0 Å². The number of nitrogen functional groups attached to an aromatic ring is 1. The van der Waals surface area contributed by atoms with Gasteiger partial charge >= 0.3 is 6.61 Å². The highest BCUT2D eigenvalue weighted by Gasteiger charge is 2.06. The first kappa shape index (κ1) is 13.8. The van der Waals surface area contributed by atoms with Crippen molar-refractivity contribution in [1.82, 2.24) is 9.78 Å². The Morgan fingerprint density at radius 1 is 1.35 bits per heavy atom. The van der Waals surface area contributed by atoms with Crippen LogP contribution in [-0.2, 0) is 11.3 Å². The van der Waals surface area contributed by atoms with Crippen LogP contribution in [0, 0.1) is 0 Å². The van der Waals surface area contributed by atoms with Gasteiger partial charge in [0, 0.05) is 11.9 Å². The monoisotopic (exact) mass is 282 g/mol. The van der Waals surface area contributed by atoms with Crippen molar-refractivity contribution in [2.75, 3.05) is 11.1 Å². The third-order valence-corrected chi connectivity index (χ3v) is 2.33. The number of carbonyl (C=O) groups is 1. The Hall–Kier alpha value is -2.64. The summed E-state index contributed by atoms with van der Waals surface area (Å²) in [7, 11) is 0. The highest BCUT2D eigenvalue weighted by Crippen LogP contribution is 2.17. The van der Waals surface area contributed by atoms with Crippen LogP contribution in [0.1, 0.15) is 0 Å². The molecule has 0 fully saturated rings. The molecular formula is C12H12F2N4O2. The molecule has 3 N–H and O–H groups in total. The summed E-state index contributed by atoms with van der Waals surface area (Å²) in [6.07, 6.45) is 1.58. The molecule has 1 aromatic heterocycles. The van der Waals surface area contributed by atoms with Crippen molar-refractivity contribution in [2.45, 2.75) is 13.2 Å². The lowest BCUT2D eigenvalue weighted by Gasteiger charge is -2.07. The fourth-order valence-electron chi connectivity index (χ4n) is 1.53. The predicted octanol–water partition coefficient (Wildman–Crippen LogP) is 1.71. The second-order valence-electron chi connectivity index (χ2n) is 3.89. The molecule has 106 valence electrons. The van der Waals surface area contributed by atoms with Gasteiger partial charge in [-0.1, -0.05) is 0 Å². The molecule has 2 aromatic rings. The SMILES string of the molecule is Nc1ccn(CC(=O)Nc2ccc(OC(F)F)cc2)n1. The highest BCUT2D eigenvalue weighted by atomic mass is 19.3.